The summed E-state index contributed by atoms with van der Waals surface area (Å²) in [6, 6.07) is 8.54. The Labute approximate surface area is 156 Å². The summed E-state index contributed by atoms with van der Waals surface area (Å²) >= 11 is 0. The number of nitrogens with zero attached hydrogens (tertiary/aromatic N) is 2. The summed E-state index contributed by atoms with van der Waals surface area (Å²) in [5.74, 6) is 1.82. The number of carbonyl (C=O) groups is 1. The third-order valence-electron chi connectivity index (χ3n) is 5.62. The first kappa shape index (κ1) is 18.9. The Bertz CT molecular complexity index is 614. The molecule has 1 aromatic rings. The van der Waals surface area contributed by atoms with Crippen LogP contribution in [0.15, 0.2) is 30.3 Å². The van der Waals surface area contributed by atoms with Gasteiger partial charge in [0.15, 0.2) is 0 Å². The first-order chi connectivity index (χ1) is 12.7. The summed E-state index contributed by atoms with van der Waals surface area (Å²) in [4.78, 5) is 16.9. The third kappa shape index (κ3) is 4.65. The molecule has 2 heterocycles. The molecule has 2 atom stereocenters. The maximum absolute atomic E-state index is 12.3. The van der Waals surface area contributed by atoms with Gasteiger partial charge in [-0.3, -0.25) is 9.69 Å². The Kier molecular flexibility index (Phi) is 6.69. The van der Waals surface area contributed by atoms with Gasteiger partial charge in [-0.05, 0) is 49.4 Å². The zero-order valence-corrected chi connectivity index (χ0v) is 15.8. The van der Waals surface area contributed by atoms with Crippen molar-refractivity contribution in [3.63, 3.8) is 0 Å². The number of hydrogen-bond acceptors (Lipinski definition) is 4. The maximum atomic E-state index is 12.3. The molecule has 2 saturated heterocycles. The van der Waals surface area contributed by atoms with Gasteiger partial charge in [-0.15, -0.1) is 0 Å². The summed E-state index contributed by atoms with van der Waals surface area (Å²) in [6.45, 7) is 4.59. The molecule has 142 valence electrons. The summed E-state index contributed by atoms with van der Waals surface area (Å²) in [5.41, 5.74) is 6.83. The van der Waals surface area contributed by atoms with Crippen molar-refractivity contribution in [3.05, 3.63) is 35.9 Å². The van der Waals surface area contributed by atoms with E-state index in [0.29, 0.717) is 30.8 Å². The fourth-order valence-corrected chi connectivity index (χ4v) is 4.20. The van der Waals surface area contributed by atoms with Gasteiger partial charge in [0.2, 0.25) is 5.91 Å². The van der Waals surface area contributed by atoms with Crippen LogP contribution >= 0.6 is 0 Å². The van der Waals surface area contributed by atoms with Gasteiger partial charge >= 0.3 is 0 Å². The van der Waals surface area contributed by atoms with Crippen molar-refractivity contribution < 1.29 is 9.53 Å². The van der Waals surface area contributed by atoms with Crippen molar-refractivity contribution in [2.45, 2.75) is 31.7 Å². The summed E-state index contributed by atoms with van der Waals surface area (Å²) in [5, 5.41) is 0. The number of methoxy groups -OCH3 is 1. The van der Waals surface area contributed by atoms with E-state index in [-0.39, 0.29) is 0 Å². The van der Waals surface area contributed by atoms with Crippen molar-refractivity contribution >= 4 is 12.0 Å². The summed E-state index contributed by atoms with van der Waals surface area (Å²) in [6.07, 6.45) is 8.12. The van der Waals surface area contributed by atoms with Crippen LogP contribution in [0.25, 0.3) is 6.08 Å². The zero-order valence-electron chi connectivity index (χ0n) is 15.8. The molecular formula is C21H31N3O2. The van der Waals surface area contributed by atoms with Crippen LogP contribution in [0.3, 0.4) is 0 Å². The Hall–Kier alpha value is -1.85. The Morgan fingerprint density at radius 1 is 1.27 bits per heavy atom. The van der Waals surface area contributed by atoms with Crippen LogP contribution in [0.2, 0.25) is 0 Å². The van der Waals surface area contributed by atoms with Crippen LogP contribution < -0.4 is 10.5 Å². The van der Waals surface area contributed by atoms with Crippen molar-refractivity contribution in [2.75, 3.05) is 39.8 Å². The molecule has 0 saturated carbocycles. The van der Waals surface area contributed by atoms with Gasteiger partial charge in [-0.25, -0.2) is 0 Å². The zero-order chi connectivity index (χ0) is 18.4. The molecule has 0 radical (unpaired) electrons. The van der Waals surface area contributed by atoms with Crippen LogP contribution in [0, 0.1) is 5.92 Å². The fraction of sp³-hybridized carbons (Fsp3) is 0.571. The van der Waals surface area contributed by atoms with E-state index in [1.165, 1.54) is 5.56 Å². The van der Waals surface area contributed by atoms with E-state index < -0.39 is 0 Å². The molecule has 2 N–H and O–H groups in total. The van der Waals surface area contributed by atoms with E-state index in [9.17, 15) is 4.79 Å². The molecule has 2 aliphatic rings. The van der Waals surface area contributed by atoms with Crippen LogP contribution in [0.5, 0.6) is 5.75 Å². The average molecular weight is 357 g/mol. The van der Waals surface area contributed by atoms with Gasteiger partial charge in [0, 0.05) is 38.6 Å². The molecule has 0 aliphatic carbocycles. The molecule has 0 bridgehead atoms. The number of fused-ring (bicyclic) bond motifs is 1. The topological polar surface area (TPSA) is 58.8 Å². The molecule has 5 heteroatoms. The molecular weight excluding hydrogens is 326 g/mol. The maximum Gasteiger partial charge on any atom is 0.222 e. The Balaban J connectivity index is 1.51. The van der Waals surface area contributed by atoms with Gasteiger partial charge in [-0.1, -0.05) is 24.3 Å². The van der Waals surface area contributed by atoms with E-state index in [1.807, 2.05) is 12.1 Å². The molecule has 1 aromatic carbocycles. The highest BCUT2D eigenvalue weighted by Gasteiger charge is 2.38. The molecule has 2 aliphatic heterocycles. The number of ether oxygens (including phenoxy) is 1. The van der Waals surface area contributed by atoms with E-state index in [4.69, 9.17) is 10.5 Å². The lowest BCUT2D eigenvalue weighted by molar-refractivity contribution is -0.141. The quantitative estimate of drug-likeness (QED) is 0.814. The summed E-state index contributed by atoms with van der Waals surface area (Å²) < 4.78 is 5.19. The van der Waals surface area contributed by atoms with Crippen molar-refractivity contribution in [3.8, 4) is 5.75 Å². The smallest absolute Gasteiger partial charge is 0.222 e. The number of benzene rings is 1. The molecule has 0 spiro atoms. The number of rotatable bonds is 7. The fourth-order valence-electron chi connectivity index (χ4n) is 4.20. The van der Waals surface area contributed by atoms with Gasteiger partial charge in [0.25, 0.3) is 0 Å². The average Bonchev–Trinajstić information content (AvgIpc) is 2.68. The lowest BCUT2D eigenvalue weighted by atomic mass is 9.83. The molecule has 2 fully saturated rings. The number of piperidine rings is 2. The molecule has 0 unspecified atom stereocenters. The summed E-state index contributed by atoms with van der Waals surface area (Å²) in [7, 11) is 1.68. The van der Waals surface area contributed by atoms with E-state index >= 15 is 0 Å². The largest absolute Gasteiger partial charge is 0.497 e. The number of carbonyl (C=O) groups excluding carboxylic acids is 1. The van der Waals surface area contributed by atoms with Crippen molar-refractivity contribution in [2.24, 2.45) is 11.7 Å². The lowest BCUT2D eigenvalue weighted by Gasteiger charge is -2.47. The minimum atomic E-state index is 0.326. The van der Waals surface area contributed by atoms with Crippen LogP contribution in [-0.4, -0.2) is 61.6 Å². The van der Waals surface area contributed by atoms with Crippen molar-refractivity contribution in [1.82, 2.24) is 9.80 Å². The van der Waals surface area contributed by atoms with Crippen molar-refractivity contribution in [1.29, 1.82) is 0 Å². The molecule has 5 nitrogen and oxygen atoms in total. The minimum Gasteiger partial charge on any atom is -0.497 e. The van der Waals surface area contributed by atoms with Gasteiger partial charge in [0.1, 0.15) is 5.75 Å². The number of hydrogen-bond donors (Lipinski definition) is 1. The minimum absolute atomic E-state index is 0.326. The Morgan fingerprint density at radius 2 is 2.08 bits per heavy atom. The Morgan fingerprint density at radius 3 is 2.81 bits per heavy atom. The lowest BCUT2D eigenvalue weighted by Crippen LogP contribution is -2.56. The number of nitrogens with two attached hydrogens (primary N) is 1. The van der Waals surface area contributed by atoms with E-state index in [1.54, 1.807) is 7.11 Å². The van der Waals surface area contributed by atoms with Gasteiger partial charge < -0.3 is 15.4 Å². The second-order valence-corrected chi connectivity index (χ2v) is 7.32. The first-order valence-electron chi connectivity index (χ1n) is 9.73. The van der Waals surface area contributed by atoms with E-state index in [0.717, 1.165) is 51.2 Å². The van der Waals surface area contributed by atoms with Gasteiger partial charge in [-0.2, -0.15) is 0 Å². The predicted molar refractivity (Wildman–Crippen MR) is 105 cm³/mol. The molecule has 26 heavy (non-hydrogen) atoms. The second-order valence-electron chi connectivity index (χ2n) is 7.32. The third-order valence-corrected chi connectivity index (χ3v) is 5.62. The highest BCUT2D eigenvalue weighted by atomic mass is 16.5. The SMILES string of the molecule is COc1ccc(C=CCN2CC[C@@H]3[C@@H](CCC(=O)N3CCCN)C2)cc1. The van der Waals surface area contributed by atoms with Crippen LogP contribution in [-0.2, 0) is 4.79 Å². The van der Waals surface area contributed by atoms with E-state index in [2.05, 4.69) is 34.1 Å². The molecule has 1 amide bonds. The standard InChI is InChI=1S/C21H31N3O2/c1-26-19-8-5-17(6-9-19)4-2-13-23-15-11-20-18(16-23)7-10-21(25)24(20)14-3-12-22/h2,4-6,8-9,18,20H,3,7,10-16,22H2,1H3/t18-,20+/m0/s1. The molecule has 3 rings (SSSR count). The van der Waals surface area contributed by atoms with Crippen LogP contribution in [0.4, 0.5) is 0 Å². The number of likely N-dealkylation sites (tertiary alicyclic amines) is 2. The number of amides is 1. The highest BCUT2D eigenvalue weighted by Crippen LogP contribution is 2.31. The normalized spacial score (nSPS) is 24.1. The highest BCUT2D eigenvalue weighted by molar-refractivity contribution is 5.77. The first-order valence-corrected chi connectivity index (χ1v) is 9.73. The predicted octanol–water partition coefficient (Wildman–Crippen LogP) is 2.37. The second kappa shape index (κ2) is 9.19. The molecule has 0 aromatic heterocycles. The monoisotopic (exact) mass is 357 g/mol. The van der Waals surface area contributed by atoms with Crippen LogP contribution in [0.1, 0.15) is 31.2 Å². The van der Waals surface area contributed by atoms with Gasteiger partial charge in [0.05, 0.1) is 7.11 Å².